The third kappa shape index (κ3) is 9.05. The van der Waals surface area contributed by atoms with Crippen LogP contribution in [0, 0.1) is 0 Å². The lowest BCUT2D eigenvalue weighted by Crippen LogP contribution is -2.46. The van der Waals surface area contributed by atoms with Crippen molar-refractivity contribution < 1.29 is 9.53 Å². The van der Waals surface area contributed by atoms with Crippen molar-refractivity contribution in [2.75, 3.05) is 82.8 Å². The minimum absolute atomic E-state index is 0.00993. The molecule has 8 nitrogen and oxygen atoms in total. The Hall–Kier alpha value is -2.17. The van der Waals surface area contributed by atoms with Crippen LogP contribution in [0.5, 0.6) is 0 Å². The van der Waals surface area contributed by atoms with E-state index in [4.69, 9.17) is 16.3 Å². The summed E-state index contributed by atoms with van der Waals surface area (Å²) in [4.78, 5) is 28.3. The average Bonchev–Trinajstić information content (AvgIpc) is 2.91. The molecule has 2 aromatic rings. The van der Waals surface area contributed by atoms with Gasteiger partial charge in [-0.2, -0.15) is 0 Å². The van der Waals surface area contributed by atoms with E-state index in [1.165, 1.54) is 17.3 Å². The van der Waals surface area contributed by atoms with Crippen molar-refractivity contribution in [3.8, 4) is 0 Å². The van der Waals surface area contributed by atoms with E-state index in [1.54, 1.807) is 0 Å². The van der Waals surface area contributed by atoms with Crippen molar-refractivity contribution in [3.63, 3.8) is 0 Å². The van der Waals surface area contributed by atoms with Gasteiger partial charge in [-0.1, -0.05) is 65.8 Å². The molecule has 36 heavy (non-hydrogen) atoms. The number of nitrogens with one attached hydrogen (secondary N) is 1. The molecule has 2 aliphatic rings. The van der Waals surface area contributed by atoms with Crippen molar-refractivity contribution in [2.24, 2.45) is 0 Å². The first-order chi connectivity index (χ1) is 17.7. The van der Waals surface area contributed by atoms with Crippen LogP contribution >= 0.6 is 23.4 Å². The largest absolute Gasteiger partial charge is 0.379 e. The topological polar surface area (TPSA) is 73.8 Å². The minimum atomic E-state index is -0.00993. The zero-order chi connectivity index (χ0) is 25.0. The number of aromatic nitrogens is 2. The summed E-state index contributed by atoms with van der Waals surface area (Å²) in [5.41, 5.74) is 1.22. The molecule has 2 aliphatic heterocycles. The predicted octanol–water partition coefficient (Wildman–Crippen LogP) is 2.90. The van der Waals surface area contributed by atoms with Gasteiger partial charge in [0.1, 0.15) is 11.0 Å². The van der Waals surface area contributed by atoms with Gasteiger partial charge in [0.2, 0.25) is 5.91 Å². The van der Waals surface area contributed by atoms with Gasteiger partial charge in [-0.3, -0.25) is 14.6 Å². The van der Waals surface area contributed by atoms with E-state index >= 15 is 0 Å². The second kappa shape index (κ2) is 14.5. The molecule has 0 unspecified atom stereocenters. The summed E-state index contributed by atoms with van der Waals surface area (Å²) in [6, 6.07) is 12.2. The predicted molar refractivity (Wildman–Crippen MR) is 147 cm³/mol. The Morgan fingerprint density at radius 1 is 1.06 bits per heavy atom. The van der Waals surface area contributed by atoms with Gasteiger partial charge in [0.25, 0.3) is 0 Å². The molecule has 2 saturated heterocycles. The number of nitrogens with zero attached hydrogens (tertiary/aromatic N) is 5. The first-order valence-electron chi connectivity index (χ1n) is 12.6. The molecule has 0 bridgehead atoms. The summed E-state index contributed by atoms with van der Waals surface area (Å²) in [6.45, 7) is 9.77. The average molecular weight is 531 g/mol. The molecule has 0 radical (unpaired) electrons. The van der Waals surface area contributed by atoms with E-state index in [0.29, 0.717) is 16.9 Å². The lowest BCUT2D eigenvalue weighted by molar-refractivity contribution is -0.118. The molecule has 0 atom stereocenters. The summed E-state index contributed by atoms with van der Waals surface area (Å²) in [5.74, 6) is 1.09. The first kappa shape index (κ1) is 26.9. The number of hydrogen-bond acceptors (Lipinski definition) is 8. The number of anilines is 1. The van der Waals surface area contributed by atoms with Gasteiger partial charge in [0, 0.05) is 58.4 Å². The van der Waals surface area contributed by atoms with Crippen LogP contribution in [0.1, 0.15) is 12.0 Å². The summed E-state index contributed by atoms with van der Waals surface area (Å²) in [5, 5.41) is 3.93. The minimum Gasteiger partial charge on any atom is -0.379 e. The number of amides is 1. The van der Waals surface area contributed by atoms with Gasteiger partial charge in [-0.15, -0.1) is 0 Å². The van der Waals surface area contributed by atoms with Crippen LogP contribution in [0.3, 0.4) is 0 Å². The highest BCUT2D eigenvalue weighted by Gasteiger charge is 2.19. The number of rotatable bonds is 11. The number of thioether (sulfide) groups is 1. The molecule has 1 N–H and O–H groups in total. The third-order valence-corrected chi connectivity index (χ3v) is 7.28. The molecule has 0 aliphatic carbocycles. The Bertz CT molecular complexity index is 982. The molecule has 4 rings (SSSR count). The van der Waals surface area contributed by atoms with Crippen molar-refractivity contribution in [1.82, 2.24) is 25.1 Å². The van der Waals surface area contributed by atoms with Gasteiger partial charge in [0.05, 0.1) is 19.0 Å². The monoisotopic (exact) mass is 530 g/mol. The Morgan fingerprint density at radius 3 is 2.61 bits per heavy atom. The smallest absolute Gasteiger partial charge is 0.230 e. The van der Waals surface area contributed by atoms with E-state index in [2.05, 4.69) is 66.4 Å². The van der Waals surface area contributed by atoms with Crippen LogP contribution in [-0.4, -0.2) is 104 Å². The summed E-state index contributed by atoms with van der Waals surface area (Å²) in [7, 11) is 0. The third-order valence-electron chi connectivity index (χ3n) is 6.24. The summed E-state index contributed by atoms with van der Waals surface area (Å²) < 4.78 is 5.36. The highest BCUT2D eigenvalue weighted by Crippen LogP contribution is 2.23. The number of carbonyl (C=O) groups is 1. The number of carbonyl (C=O) groups excluding carboxylic acids is 1. The molecular weight excluding hydrogens is 496 g/mol. The van der Waals surface area contributed by atoms with Crippen LogP contribution in [0.2, 0.25) is 5.15 Å². The van der Waals surface area contributed by atoms with Crippen molar-refractivity contribution in [3.05, 3.63) is 53.2 Å². The highest BCUT2D eigenvalue weighted by atomic mass is 35.5. The molecule has 0 spiro atoms. The fourth-order valence-electron chi connectivity index (χ4n) is 4.21. The molecule has 0 saturated carbocycles. The molecule has 1 aromatic carbocycles. The van der Waals surface area contributed by atoms with Crippen LogP contribution in [-0.2, 0) is 9.53 Å². The standard InChI is InChI=1S/C26H35ClN6O2S/c27-23-20-24(33-14-12-31(13-15-33)10-4-8-22-6-2-1-3-7-22)30-26(29-23)36-21-25(34)28-9-5-11-32-16-18-35-19-17-32/h1-4,6-8,20H,5,9-19,21H2,(H,28,34). The van der Waals surface area contributed by atoms with Gasteiger partial charge in [0.15, 0.2) is 5.16 Å². The van der Waals surface area contributed by atoms with E-state index in [1.807, 2.05) is 12.1 Å². The lowest BCUT2D eigenvalue weighted by atomic mass is 10.2. The fourth-order valence-corrected chi connectivity index (χ4v) is 5.12. The molecule has 194 valence electrons. The molecule has 10 heteroatoms. The Kier molecular flexibility index (Phi) is 10.9. The van der Waals surface area contributed by atoms with E-state index < -0.39 is 0 Å². The maximum atomic E-state index is 12.3. The molecule has 1 amide bonds. The zero-order valence-electron chi connectivity index (χ0n) is 20.6. The second-order valence-corrected chi connectivity index (χ2v) is 10.2. The van der Waals surface area contributed by atoms with Gasteiger partial charge in [-0.25, -0.2) is 9.97 Å². The lowest BCUT2D eigenvalue weighted by Gasteiger charge is -2.35. The number of morpholine rings is 1. The van der Waals surface area contributed by atoms with Crippen molar-refractivity contribution >= 4 is 41.2 Å². The van der Waals surface area contributed by atoms with Gasteiger partial charge >= 0.3 is 0 Å². The maximum absolute atomic E-state index is 12.3. The first-order valence-corrected chi connectivity index (χ1v) is 14.0. The van der Waals surface area contributed by atoms with Crippen molar-refractivity contribution in [1.29, 1.82) is 0 Å². The van der Waals surface area contributed by atoms with Crippen LogP contribution in [0.4, 0.5) is 5.82 Å². The van der Waals surface area contributed by atoms with Crippen LogP contribution in [0.15, 0.2) is 47.6 Å². The number of benzene rings is 1. The number of piperazine rings is 1. The van der Waals surface area contributed by atoms with E-state index in [9.17, 15) is 4.79 Å². The Morgan fingerprint density at radius 2 is 1.83 bits per heavy atom. The maximum Gasteiger partial charge on any atom is 0.230 e. The van der Waals surface area contributed by atoms with Crippen LogP contribution < -0.4 is 10.2 Å². The summed E-state index contributed by atoms with van der Waals surface area (Å²) >= 11 is 7.62. The quantitative estimate of drug-likeness (QED) is 0.206. The highest BCUT2D eigenvalue weighted by molar-refractivity contribution is 7.99. The molecular formula is C26H35ClN6O2S. The Labute approximate surface area is 223 Å². The van der Waals surface area contributed by atoms with Crippen molar-refractivity contribution in [2.45, 2.75) is 11.6 Å². The van der Waals surface area contributed by atoms with Gasteiger partial charge < -0.3 is 15.0 Å². The van der Waals surface area contributed by atoms with E-state index in [0.717, 1.165) is 77.8 Å². The second-order valence-electron chi connectivity index (χ2n) is 8.88. The zero-order valence-corrected chi connectivity index (χ0v) is 22.2. The summed E-state index contributed by atoms with van der Waals surface area (Å²) in [6.07, 6.45) is 5.32. The Balaban J connectivity index is 1.17. The fraction of sp³-hybridized carbons (Fsp3) is 0.500. The van der Waals surface area contributed by atoms with Gasteiger partial charge in [-0.05, 0) is 18.5 Å². The van der Waals surface area contributed by atoms with E-state index in [-0.39, 0.29) is 11.7 Å². The number of halogens is 1. The SMILES string of the molecule is O=C(CSc1nc(Cl)cc(N2CCN(CC=Cc3ccccc3)CC2)n1)NCCCN1CCOCC1. The number of hydrogen-bond donors (Lipinski definition) is 1. The number of ether oxygens (including phenoxy) is 1. The van der Waals surface area contributed by atoms with Crippen LogP contribution in [0.25, 0.3) is 6.08 Å². The molecule has 1 aromatic heterocycles. The molecule has 2 fully saturated rings. The normalized spacial score (nSPS) is 17.5. The molecule has 3 heterocycles.